The average molecular weight is 335 g/mol. The molecule has 0 aromatic heterocycles. The average Bonchev–Trinajstić information content (AvgIpc) is 2.46. The lowest BCUT2D eigenvalue weighted by molar-refractivity contribution is -0.121. The molecule has 5 heteroatoms. The minimum Gasteiger partial charge on any atom is -0.444 e. The molecule has 0 bridgehead atoms. The molecule has 0 aliphatic rings. The number of amides is 1. The van der Waals surface area contributed by atoms with E-state index in [9.17, 15) is 9.59 Å². The number of rotatable bonds is 8. The topological polar surface area (TPSA) is 64.6 Å². The maximum Gasteiger partial charge on any atom is 0.407 e. The van der Waals surface area contributed by atoms with Crippen molar-refractivity contribution < 1.29 is 19.1 Å². The van der Waals surface area contributed by atoms with Crippen molar-refractivity contribution in [3.05, 3.63) is 35.9 Å². The van der Waals surface area contributed by atoms with Crippen LogP contribution in [0.15, 0.2) is 30.3 Å². The van der Waals surface area contributed by atoms with Gasteiger partial charge in [-0.25, -0.2) is 4.79 Å². The van der Waals surface area contributed by atoms with Gasteiger partial charge in [0.15, 0.2) is 6.29 Å². The molecule has 0 radical (unpaired) electrons. The van der Waals surface area contributed by atoms with Crippen LogP contribution in [0.3, 0.4) is 0 Å². The summed E-state index contributed by atoms with van der Waals surface area (Å²) in [4.78, 5) is 23.5. The van der Waals surface area contributed by atoms with Gasteiger partial charge in [-0.2, -0.15) is 0 Å². The lowest BCUT2D eigenvalue weighted by Gasteiger charge is -2.28. The Labute approximate surface area is 144 Å². The van der Waals surface area contributed by atoms with Crippen LogP contribution in [0.2, 0.25) is 0 Å². The first-order chi connectivity index (χ1) is 11.2. The molecule has 0 aliphatic heterocycles. The first-order valence-corrected chi connectivity index (χ1v) is 8.31. The quantitative estimate of drug-likeness (QED) is 0.736. The molecule has 2 atom stereocenters. The Hall–Kier alpha value is -1.88. The van der Waals surface area contributed by atoms with Crippen LogP contribution in [0, 0.1) is 5.92 Å². The van der Waals surface area contributed by atoms with E-state index in [4.69, 9.17) is 9.47 Å². The van der Waals surface area contributed by atoms with E-state index in [1.807, 2.05) is 44.2 Å². The third-order valence-electron chi connectivity index (χ3n) is 3.24. The number of hydrogen-bond acceptors (Lipinski definition) is 4. The van der Waals surface area contributed by atoms with Gasteiger partial charge in [-0.05, 0) is 38.7 Å². The Morgan fingerprint density at radius 2 is 1.83 bits per heavy atom. The SMILES string of the molecule is CC(C)C[C@H](NC(=O)OC(C)(C)C)[C@H](C=O)OCc1ccccc1. The van der Waals surface area contributed by atoms with Crippen molar-refractivity contribution in [2.45, 2.75) is 65.4 Å². The van der Waals surface area contributed by atoms with Gasteiger partial charge in [0.25, 0.3) is 0 Å². The maximum atomic E-state index is 12.0. The predicted molar refractivity (Wildman–Crippen MR) is 93.7 cm³/mol. The smallest absolute Gasteiger partial charge is 0.407 e. The van der Waals surface area contributed by atoms with Crippen molar-refractivity contribution >= 4 is 12.4 Å². The first-order valence-electron chi connectivity index (χ1n) is 8.31. The lowest BCUT2D eigenvalue weighted by atomic mass is 9.99. The Morgan fingerprint density at radius 3 is 2.33 bits per heavy atom. The van der Waals surface area contributed by atoms with Crippen LogP contribution in [0.4, 0.5) is 4.79 Å². The summed E-state index contributed by atoms with van der Waals surface area (Å²) in [6.07, 6.45) is 0.105. The predicted octanol–water partition coefficient (Wildman–Crippen LogP) is 3.71. The summed E-state index contributed by atoms with van der Waals surface area (Å²) in [6.45, 7) is 9.77. The molecule has 0 fully saturated rings. The molecule has 0 spiro atoms. The standard InChI is InChI=1S/C19H29NO4/c1-14(2)11-16(20-18(22)24-19(3,4)5)17(12-21)23-13-15-9-7-6-8-10-15/h6-10,12,14,16-17H,11,13H2,1-5H3,(H,20,22)/t16-,17-/m0/s1. The summed E-state index contributed by atoms with van der Waals surface area (Å²) in [5.74, 6) is 0.299. The van der Waals surface area contributed by atoms with Crippen LogP contribution in [0.25, 0.3) is 0 Å². The van der Waals surface area contributed by atoms with Gasteiger partial charge in [0.05, 0.1) is 12.6 Å². The van der Waals surface area contributed by atoms with Crippen molar-refractivity contribution in [1.29, 1.82) is 0 Å². The number of nitrogens with one attached hydrogen (secondary N) is 1. The van der Waals surface area contributed by atoms with Gasteiger partial charge < -0.3 is 19.6 Å². The molecule has 0 saturated heterocycles. The minimum absolute atomic E-state index is 0.299. The highest BCUT2D eigenvalue weighted by molar-refractivity contribution is 5.69. The summed E-state index contributed by atoms with van der Waals surface area (Å²) in [7, 11) is 0. The van der Waals surface area contributed by atoms with Crippen LogP contribution in [-0.4, -0.2) is 30.1 Å². The maximum absolute atomic E-state index is 12.0. The Balaban J connectivity index is 2.71. The molecule has 0 aliphatic carbocycles. The molecule has 0 heterocycles. The van der Waals surface area contributed by atoms with E-state index in [0.717, 1.165) is 11.8 Å². The van der Waals surface area contributed by atoms with Gasteiger partial charge in [-0.1, -0.05) is 44.2 Å². The molecule has 5 nitrogen and oxygen atoms in total. The molecule has 1 aromatic rings. The van der Waals surface area contributed by atoms with Crippen LogP contribution < -0.4 is 5.32 Å². The Bertz CT molecular complexity index is 508. The van der Waals surface area contributed by atoms with Gasteiger partial charge in [0.2, 0.25) is 0 Å². The Kier molecular flexibility index (Phi) is 7.92. The summed E-state index contributed by atoms with van der Waals surface area (Å²) in [5.41, 5.74) is 0.388. The third-order valence-corrected chi connectivity index (χ3v) is 3.24. The highest BCUT2D eigenvalue weighted by Crippen LogP contribution is 2.14. The number of ether oxygens (including phenoxy) is 2. The molecule has 1 N–H and O–H groups in total. The third kappa shape index (κ3) is 8.11. The van der Waals surface area contributed by atoms with Gasteiger partial charge in [0.1, 0.15) is 11.7 Å². The van der Waals surface area contributed by atoms with Gasteiger partial charge >= 0.3 is 6.09 Å². The first kappa shape index (κ1) is 20.2. The van der Waals surface area contributed by atoms with E-state index in [2.05, 4.69) is 5.32 Å². The fourth-order valence-electron chi connectivity index (χ4n) is 2.26. The van der Waals surface area contributed by atoms with Crippen LogP contribution in [0.1, 0.15) is 46.6 Å². The van der Waals surface area contributed by atoms with Crippen LogP contribution in [0.5, 0.6) is 0 Å². The Morgan fingerprint density at radius 1 is 1.21 bits per heavy atom. The highest BCUT2D eigenvalue weighted by Gasteiger charge is 2.27. The molecular weight excluding hydrogens is 306 g/mol. The van der Waals surface area contributed by atoms with Crippen molar-refractivity contribution in [3.63, 3.8) is 0 Å². The number of benzene rings is 1. The summed E-state index contributed by atoms with van der Waals surface area (Å²) in [5, 5.41) is 2.77. The summed E-state index contributed by atoms with van der Waals surface area (Å²) >= 11 is 0. The summed E-state index contributed by atoms with van der Waals surface area (Å²) < 4.78 is 11.0. The van der Waals surface area contributed by atoms with Crippen molar-refractivity contribution in [1.82, 2.24) is 5.32 Å². The second-order valence-electron chi connectivity index (χ2n) is 7.28. The molecule has 1 aromatic carbocycles. The lowest BCUT2D eigenvalue weighted by Crippen LogP contribution is -2.47. The second kappa shape index (κ2) is 9.42. The van der Waals surface area contributed by atoms with Crippen LogP contribution in [-0.2, 0) is 20.9 Å². The zero-order chi connectivity index (χ0) is 18.2. The number of carbonyl (C=O) groups is 2. The number of aldehydes is 1. The zero-order valence-corrected chi connectivity index (χ0v) is 15.2. The normalized spacial score (nSPS) is 14.1. The highest BCUT2D eigenvalue weighted by atomic mass is 16.6. The van der Waals surface area contributed by atoms with E-state index in [1.54, 1.807) is 20.8 Å². The molecule has 1 amide bonds. The second-order valence-corrected chi connectivity index (χ2v) is 7.28. The van der Waals surface area contributed by atoms with E-state index in [0.29, 0.717) is 18.9 Å². The minimum atomic E-state index is -0.722. The van der Waals surface area contributed by atoms with E-state index in [-0.39, 0.29) is 0 Å². The van der Waals surface area contributed by atoms with Gasteiger partial charge in [-0.15, -0.1) is 0 Å². The molecule has 0 saturated carbocycles. The van der Waals surface area contributed by atoms with Gasteiger partial charge in [0, 0.05) is 0 Å². The monoisotopic (exact) mass is 335 g/mol. The number of hydrogen-bond donors (Lipinski definition) is 1. The van der Waals surface area contributed by atoms with Crippen molar-refractivity contribution in [3.8, 4) is 0 Å². The van der Waals surface area contributed by atoms with Crippen LogP contribution >= 0.6 is 0 Å². The van der Waals surface area contributed by atoms with E-state index < -0.39 is 23.8 Å². The molecule has 24 heavy (non-hydrogen) atoms. The fraction of sp³-hybridized carbons (Fsp3) is 0.579. The van der Waals surface area contributed by atoms with Gasteiger partial charge in [-0.3, -0.25) is 0 Å². The number of alkyl carbamates (subject to hydrolysis) is 1. The van der Waals surface area contributed by atoms with E-state index in [1.165, 1.54) is 0 Å². The zero-order valence-electron chi connectivity index (χ0n) is 15.2. The largest absolute Gasteiger partial charge is 0.444 e. The van der Waals surface area contributed by atoms with Crippen molar-refractivity contribution in [2.24, 2.45) is 5.92 Å². The molecule has 134 valence electrons. The number of carbonyl (C=O) groups excluding carboxylic acids is 2. The summed E-state index contributed by atoms with van der Waals surface area (Å²) in [6, 6.07) is 9.19. The molecular formula is C19H29NO4. The molecule has 0 unspecified atom stereocenters. The van der Waals surface area contributed by atoms with E-state index >= 15 is 0 Å². The molecule has 1 rings (SSSR count). The fourth-order valence-corrected chi connectivity index (χ4v) is 2.26. The van der Waals surface area contributed by atoms with Crippen molar-refractivity contribution in [2.75, 3.05) is 0 Å².